The molecule has 1 aromatic heterocycles. The maximum Gasteiger partial charge on any atom is 0.275 e. The minimum absolute atomic E-state index is 0.106. The van der Waals surface area contributed by atoms with Crippen LogP contribution in [0.5, 0.6) is 5.75 Å². The predicted octanol–water partition coefficient (Wildman–Crippen LogP) is 4.15. The van der Waals surface area contributed by atoms with Crippen LogP contribution in [0.25, 0.3) is 0 Å². The third-order valence-corrected chi connectivity index (χ3v) is 4.01. The second-order valence-electron chi connectivity index (χ2n) is 6.75. The molecule has 0 saturated heterocycles. The largest absolute Gasteiger partial charge is 0.491 e. The maximum atomic E-state index is 12.4. The number of hydrogen-bond donors (Lipinski definition) is 1. The van der Waals surface area contributed by atoms with Crippen LogP contribution in [0.2, 0.25) is 0 Å². The monoisotopic (exact) mass is 376 g/mol. The third-order valence-electron chi connectivity index (χ3n) is 4.01. The Morgan fingerprint density at radius 1 is 1.04 bits per heavy atom. The van der Waals surface area contributed by atoms with E-state index >= 15 is 0 Å². The summed E-state index contributed by atoms with van der Waals surface area (Å²) < 4.78 is 5.60. The van der Waals surface area contributed by atoms with E-state index in [0.29, 0.717) is 18.1 Å². The lowest BCUT2D eigenvalue weighted by Gasteiger charge is -2.17. The second-order valence-corrected chi connectivity index (χ2v) is 6.75. The number of anilines is 2. The van der Waals surface area contributed by atoms with Crippen LogP contribution in [-0.4, -0.2) is 29.0 Å². The Kier molecular flexibility index (Phi) is 6.22. The van der Waals surface area contributed by atoms with E-state index in [0.717, 1.165) is 5.75 Å². The fourth-order valence-corrected chi connectivity index (χ4v) is 2.66. The van der Waals surface area contributed by atoms with Gasteiger partial charge in [0.25, 0.3) is 5.91 Å². The van der Waals surface area contributed by atoms with E-state index in [2.05, 4.69) is 27.4 Å². The van der Waals surface area contributed by atoms with E-state index in [-0.39, 0.29) is 17.7 Å². The molecule has 0 atom stereocenters. The summed E-state index contributed by atoms with van der Waals surface area (Å²) in [5, 5.41) is 2.82. The molecule has 144 valence electrons. The van der Waals surface area contributed by atoms with Gasteiger partial charge in [0.2, 0.25) is 0 Å². The molecule has 3 rings (SSSR count). The highest BCUT2D eigenvalue weighted by Crippen LogP contribution is 2.18. The Morgan fingerprint density at radius 2 is 1.75 bits per heavy atom. The molecule has 0 aliphatic heterocycles. The molecule has 0 radical (unpaired) electrons. The molecule has 0 saturated carbocycles. The number of aromatic nitrogens is 2. The molecule has 3 aromatic rings. The van der Waals surface area contributed by atoms with Crippen LogP contribution in [0.3, 0.4) is 0 Å². The zero-order valence-electron chi connectivity index (χ0n) is 16.3. The smallest absolute Gasteiger partial charge is 0.275 e. The minimum Gasteiger partial charge on any atom is -0.491 e. The number of carbonyl (C=O) groups excluding carboxylic acids is 1. The van der Waals surface area contributed by atoms with Crippen LogP contribution < -0.4 is 15.0 Å². The third kappa shape index (κ3) is 5.30. The van der Waals surface area contributed by atoms with Gasteiger partial charge in [-0.3, -0.25) is 4.79 Å². The van der Waals surface area contributed by atoms with Crippen molar-refractivity contribution in [1.82, 2.24) is 9.97 Å². The molecule has 6 heteroatoms. The van der Waals surface area contributed by atoms with E-state index in [9.17, 15) is 4.79 Å². The minimum atomic E-state index is -0.303. The molecular formula is C22H24N4O2. The highest BCUT2D eigenvalue weighted by atomic mass is 16.5. The molecule has 2 aromatic carbocycles. The van der Waals surface area contributed by atoms with Crippen LogP contribution in [0.4, 0.5) is 11.5 Å². The fraction of sp³-hybridized carbons (Fsp3) is 0.227. The summed E-state index contributed by atoms with van der Waals surface area (Å²) >= 11 is 0. The van der Waals surface area contributed by atoms with Crippen molar-refractivity contribution in [2.24, 2.45) is 0 Å². The van der Waals surface area contributed by atoms with Crippen molar-refractivity contribution < 1.29 is 9.53 Å². The van der Waals surface area contributed by atoms with Gasteiger partial charge in [-0.2, -0.15) is 0 Å². The fourth-order valence-electron chi connectivity index (χ4n) is 2.66. The summed E-state index contributed by atoms with van der Waals surface area (Å²) in [6, 6.07) is 17.4. The van der Waals surface area contributed by atoms with Gasteiger partial charge in [0.05, 0.1) is 18.5 Å². The Labute approximate surface area is 165 Å². The van der Waals surface area contributed by atoms with Gasteiger partial charge in [-0.15, -0.1) is 0 Å². The van der Waals surface area contributed by atoms with Crippen molar-refractivity contribution in [1.29, 1.82) is 0 Å². The van der Waals surface area contributed by atoms with Gasteiger partial charge in [0.1, 0.15) is 17.3 Å². The predicted molar refractivity (Wildman–Crippen MR) is 111 cm³/mol. The molecule has 1 heterocycles. The SMILES string of the molecule is CC(C)Oc1ccc(NC(=O)c2cnc(N(C)Cc3ccccc3)cn2)cc1. The summed E-state index contributed by atoms with van der Waals surface area (Å²) in [7, 11) is 1.94. The van der Waals surface area contributed by atoms with Crippen LogP contribution in [0.15, 0.2) is 67.0 Å². The van der Waals surface area contributed by atoms with Gasteiger partial charge in [0, 0.05) is 19.3 Å². The van der Waals surface area contributed by atoms with Crippen molar-refractivity contribution in [2.75, 3.05) is 17.3 Å². The summed E-state index contributed by atoms with van der Waals surface area (Å²) in [4.78, 5) is 23.0. The van der Waals surface area contributed by atoms with Crippen molar-refractivity contribution in [2.45, 2.75) is 26.5 Å². The van der Waals surface area contributed by atoms with Crippen molar-refractivity contribution >= 4 is 17.4 Å². The van der Waals surface area contributed by atoms with Gasteiger partial charge in [-0.05, 0) is 43.7 Å². The topological polar surface area (TPSA) is 67.3 Å². The molecule has 28 heavy (non-hydrogen) atoms. The molecular weight excluding hydrogens is 352 g/mol. The number of rotatable bonds is 7. The van der Waals surface area contributed by atoms with Gasteiger partial charge < -0.3 is 15.0 Å². The molecule has 0 unspecified atom stereocenters. The molecule has 0 spiro atoms. The van der Waals surface area contributed by atoms with Crippen LogP contribution in [0.1, 0.15) is 29.9 Å². The summed E-state index contributed by atoms with van der Waals surface area (Å²) in [5.41, 5.74) is 2.12. The van der Waals surface area contributed by atoms with Gasteiger partial charge in [0.15, 0.2) is 0 Å². The van der Waals surface area contributed by atoms with E-state index in [1.807, 2.05) is 56.1 Å². The first kappa shape index (κ1) is 19.4. The average molecular weight is 376 g/mol. The number of ether oxygens (including phenoxy) is 1. The highest BCUT2D eigenvalue weighted by Gasteiger charge is 2.11. The Balaban J connectivity index is 1.60. The number of carbonyl (C=O) groups is 1. The lowest BCUT2D eigenvalue weighted by atomic mass is 10.2. The first-order valence-corrected chi connectivity index (χ1v) is 9.16. The normalized spacial score (nSPS) is 10.6. The van der Waals surface area contributed by atoms with Crippen LogP contribution in [0, 0.1) is 0 Å². The zero-order valence-corrected chi connectivity index (χ0v) is 16.3. The number of hydrogen-bond acceptors (Lipinski definition) is 5. The summed E-state index contributed by atoms with van der Waals surface area (Å²) in [5.74, 6) is 1.16. The quantitative estimate of drug-likeness (QED) is 0.671. The molecule has 0 aliphatic carbocycles. The standard InChI is InChI=1S/C22H24N4O2/c1-16(2)28-19-11-9-18(10-12-19)25-22(27)20-13-24-21(14-23-20)26(3)15-17-7-5-4-6-8-17/h4-14,16H,15H2,1-3H3,(H,25,27). The van der Waals surface area contributed by atoms with Crippen molar-refractivity contribution in [3.63, 3.8) is 0 Å². The van der Waals surface area contributed by atoms with E-state index in [1.165, 1.54) is 11.8 Å². The zero-order chi connectivity index (χ0) is 19.9. The van der Waals surface area contributed by atoms with Crippen molar-refractivity contribution in [3.8, 4) is 5.75 Å². The number of amides is 1. The highest BCUT2D eigenvalue weighted by molar-refractivity contribution is 6.02. The van der Waals surface area contributed by atoms with E-state index in [1.54, 1.807) is 18.3 Å². The number of nitrogens with zero attached hydrogens (tertiary/aromatic N) is 3. The maximum absolute atomic E-state index is 12.4. The lowest BCUT2D eigenvalue weighted by molar-refractivity contribution is 0.102. The van der Waals surface area contributed by atoms with E-state index < -0.39 is 0 Å². The lowest BCUT2D eigenvalue weighted by Crippen LogP contribution is -2.19. The second kappa shape index (κ2) is 8.99. The number of nitrogens with one attached hydrogen (secondary N) is 1. The van der Waals surface area contributed by atoms with Crippen molar-refractivity contribution in [3.05, 3.63) is 78.2 Å². The average Bonchev–Trinajstić information content (AvgIpc) is 2.70. The van der Waals surface area contributed by atoms with Gasteiger partial charge in [-0.1, -0.05) is 30.3 Å². The molecule has 0 aliphatic rings. The Morgan fingerprint density at radius 3 is 2.36 bits per heavy atom. The summed E-state index contributed by atoms with van der Waals surface area (Å²) in [6.45, 7) is 4.65. The first-order chi connectivity index (χ1) is 13.5. The Bertz CT molecular complexity index is 894. The first-order valence-electron chi connectivity index (χ1n) is 9.16. The number of benzene rings is 2. The summed E-state index contributed by atoms with van der Waals surface area (Å²) in [6.07, 6.45) is 3.20. The molecule has 0 fully saturated rings. The molecule has 0 bridgehead atoms. The van der Waals surface area contributed by atoms with Crippen LogP contribution in [-0.2, 0) is 6.54 Å². The van der Waals surface area contributed by atoms with E-state index in [4.69, 9.17) is 4.74 Å². The van der Waals surface area contributed by atoms with Gasteiger partial charge in [-0.25, -0.2) is 9.97 Å². The Hall–Kier alpha value is -3.41. The molecule has 1 amide bonds. The van der Waals surface area contributed by atoms with Crippen LogP contribution >= 0.6 is 0 Å². The molecule has 6 nitrogen and oxygen atoms in total. The molecule has 1 N–H and O–H groups in total. The van der Waals surface area contributed by atoms with Gasteiger partial charge >= 0.3 is 0 Å².